The third kappa shape index (κ3) is 5.25. The molecule has 0 spiro atoms. The van der Waals surface area contributed by atoms with E-state index in [2.05, 4.69) is 20.6 Å². The van der Waals surface area contributed by atoms with E-state index in [1.54, 1.807) is 31.3 Å². The first kappa shape index (κ1) is 22.0. The van der Waals surface area contributed by atoms with E-state index < -0.39 is 15.1 Å². The lowest BCUT2D eigenvalue weighted by molar-refractivity contribution is 0.0132. The highest BCUT2D eigenvalue weighted by Gasteiger charge is 2.33. The number of nitrogens with zero attached hydrogens (tertiary/aromatic N) is 2. The smallest absolute Gasteiger partial charge is 0.254 e. The Bertz CT molecular complexity index is 948. The van der Waals surface area contributed by atoms with Crippen molar-refractivity contribution in [3.8, 4) is 5.75 Å². The van der Waals surface area contributed by atoms with Crippen LogP contribution in [0.5, 0.6) is 5.75 Å². The minimum Gasteiger partial charge on any atom is -0.497 e. The Morgan fingerprint density at radius 3 is 2.57 bits per heavy atom. The normalized spacial score (nSPS) is 19.1. The van der Waals surface area contributed by atoms with E-state index >= 15 is 0 Å². The van der Waals surface area contributed by atoms with Gasteiger partial charge in [-0.1, -0.05) is 0 Å². The summed E-state index contributed by atoms with van der Waals surface area (Å²) >= 11 is 0. The van der Waals surface area contributed by atoms with Crippen molar-refractivity contribution in [1.29, 1.82) is 0 Å². The van der Waals surface area contributed by atoms with Crippen LogP contribution in [0.1, 0.15) is 29.6 Å². The standard InChI is InChI=1S/C20H26N4O5S/c1-21-20-23-12-14(13-24-20)19(25)22-9-7-16-11-18(8-10-29-16)30(26,27)17-5-3-15(28-2)4-6-17/h3-6,12-13,16,18H,7-11H2,1-2H3,(H,22,25)(H,21,23,24)/t16-,18+/m1/s1. The predicted molar refractivity (Wildman–Crippen MR) is 111 cm³/mol. The van der Waals surface area contributed by atoms with Gasteiger partial charge in [0.05, 0.1) is 28.9 Å². The topological polar surface area (TPSA) is 120 Å². The highest BCUT2D eigenvalue weighted by atomic mass is 32.2. The number of carbonyl (C=O) groups is 1. The molecule has 162 valence electrons. The number of benzene rings is 1. The van der Waals surface area contributed by atoms with Gasteiger partial charge in [0.1, 0.15) is 5.75 Å². The minimum atomic E-state index is -3.46. The van der Waals surface area contributed by atoms with E-state index in [4.69, 9.17) is 9.47 Å². The average Bonchev–Trinajstić information content (AvgIpc) is 2.79. The van der Waals surface area contributed by atoms with E-state index in [0.29, 0.717) is 49.7 Å². The van der Waals surface area contributed by atoms with Crippen LogP contribution in [0.3, 0.4) is 0 Å². The Morgan fingerprint density at radius 1 is 1.23 bits per heavy atom. The molecule has 30 heavy (non-hydrogen) atoms. The molecule has 1 amide bonds. The van der Waals surface area contributed by atoms with Crippen molar-refractivity contribution in [2.24, 2.45) is 0 Å². The van der Waals surface area contributed by atoms with Crippen LogP contribution in [-0.4, -0.2) is 63.0 Å². The fourth-order valence-corrected chi connectivity index (χ4v) is 5.08. The van der Waals surface area contributed by atoms with Crippen molar-refractivity contribution in [2.75, 3.05) is 32.6 Å². The second-order valence-corrected chi connectivity index (χ2v) is 9.18. The molecule has 2 aromatic rings. The molecule has 9 nitrogen and oxygen atoms in total. The summed E-state index contributed by atoms with van der Waals surface area (Å²) in [5.74, 6) is 0.766. The van der Waals surface area contributed by atoms with Crippen molar-refractivity contribution in [1.82, 2.24) is 15.3 Å². The zero-order valence-electron chi connectivity index (χ0n) is 17.0. The zero-order chi connectivity index (χ0) is 21.6. The lowest BCUT2D eigenvalue weighted by atomic mass is 10.1. The van der Waals surface area contributed by atoms with Gasteiger partial charge in [0.15, 0.2) is 9.84 Å². The van der Waals surface area contributed by atoms with E-state index in [-0.39, 0.29) is 16.9 Å². The van der Waals surface area contributed by atoms with Crippen LogP contribution >= 0.6 is 0 Å². The third-order valence-electron chi connectivity index (χ3n) is 5.04. The van der Waals surface area contributed by atoms with Crippen molar-refractivity contribution < 1.29 is 22.7 Å². The number of hydrogen-bond donors (Lipinski definition) is 2. The summed E-state index contributed by atoms with van der Waals surface area (Å²) in [6.45, 7) is 0.741. The van der Waals surface area contributed by atoms with Gasteiger partial charge in [-0.05, 0) is 43.5 Å². The van der Waals surface area contributed by atoms with Gasteiger partial charge in [0.25, 0.3) is 5.91 Å². The van der Waals surface area contributed by atoms with Crippen molar-refractivity contribution in [3.63, 3.8) is 0 Å². The van der Waals surface area contributed by atoms with Gasteiger partial charge >= 0.3 is 0 Å². The summed E-state index contributed by atoms with van der Waals surface area (Å²) < 4.78 is 36.7. The largest absolute Gasteiger partial charge is 0.497 e. The van der Waals surface area contributed by atoms with Crippen LogP contribution in [0.4, 0.5) is 5.95 Å². The van der Waals surface area contributed by atoms with Gasteiger partial charge < -0.3 is 20.1 Å². The molecular formula is C20H26N4O5S. The Hall–Kier alpha value is -2.72. The molecule has 10 heteroatoms. The van der Waals surface area contributed by atoms with Crippen molar-refractivity contribution in [2.45, 2.75) is 35.5 Å². The second kappa shape index (κ2) is 9.86. The third-order valence-corrected chi connectivity index (χ3v) is 7.27. The number of rotatable bonds is 8. The molecule has 1 fully saturated rings. The molecule has 0 bridgehead atoms. The van der Waals surface area contributed by atoms with Crippen LogP contribution < -0.4 is 15.4 Å². The summed E-state index contributed by atoms with van der Waals surface area (Å²) in [4.78, 5) is 20.5. The fourth-order valence-electron chi connectivity index (χ4n) is 3.31. The Labute approximate surface area is 176 Å². The molecule has 1 aromatic heterocycles. The summed E-state index contributed by atoms with van der Waals surface area (Å²) in [5, 5.41) is 5.07. The van der Waals surface area contributed by atoms with Crippen LogP contribution in [0.2, 0.25) is 0 Å². The number of amides is 1. The average molecular weight is 435 g/mol. The number of methoxy groups -OCH3 is 1. The molecule has 2 N–H and O–H groups in total. The molecule has 1 aliphatic rings. The maximum absolute atomic E-state index is 13.0. The molecule has 0 radical (unpaired) electrons. The second-order valence-electron chi connectivity index (χ2n) is 6.95. The van der Waals surface area contributed by atoms with Gasteiger partial charge in [0.2, 0.25) is 5.95 Å². The highest BCUT2D eigenvalue weighted by molar-refractivity contribution is 7.92. The predicted octanol–water partition coefficient (Wildman–Crippen LogP) is 1.67. The zero-order valence-corrected chi connectivity index (χ0v) is 17.8. The highest BCUT2D eigenvalue weighted by Crippen LogP contribution is 2.28. The van der Waals surface area contributed by atoms with Gasteiger partial charge in [-0.15, -0.1) is 0 Å². The number of ether oxygens (including phenoxy) is 2. The van der Waals surface area contributed by atoms with Crippen LogP contribution in [-0.2, 0) is 14.6 Å². The molecule has 1 aliphatic heterocycles. The molecule has 0 unspecified atom stereocenters. The Morgan fingerprint density at radius 2 is 1.93 bits per heavy atom. The Kier molecular flexibility index (Phi) is 7.22. The van der Waals surface area contributed by atoms with Crippen molar-refractivity contribution in [3.05, 3.63) is 42.2 Å². The number of hydrogen-bond acceptors (Lipinski definition) is 8. The van der Waals surface area contributed by atoms with Gasteiger partial charge in [-0.25, -0.2) is 18.4 Å². The molecular weight excluding hydrogens is 408 g/mol. The minimum absolute atomic E-state index is 0.236. The van der Waals surface area contributed by atoms with E-state index in [1.165, 1.54) is 19.5 Å². The number of sulfone groups is 1. The summed E-state index contributed by atoms with van der Waals surface area (Å²) in [7, 11) is -0.223. The van der Waals surface area contributed by atoms with Gasteiger partial charge in [0, 0.05) is 32.6 Å². The Balaban J connectivity index is 1.53. The SMILES string of the molecule is CNc1ncc(C(=O)NCC[C@@H]2C[C@@H](S(=O)(=O)c3ccc(OC)cc3)CCO2)cn1. The maximum Gasteiger partial charge on any atom is 0.254 e. The molecule has 1 aromatic carbocycles. The van der Waals surface area contributed by atoms with E-state index in [1.807, 2.05) is 0 Å². The molecule has 0 aliphatic carbocycles. The fraction of sp³-hybridized carbons (Fsp3) is 0.450. The lowest BCUT2D eigenvalue weighted by Gasteiger charge is -2.29. The number of aromatic nitrogens is 2. The first-order valence-electron chi connectivity index (χ1n) is 9.71. The molecule has 2 atom stereocenters. The summed E-state index contributed by atoms with van der Waals surface area (Å²) in [5.41, 5.74) is 0.360. The monoisotopic (exact) mass is 434 g/mol. The van der Waals surface area contributed by atoms with E-state index in [9.17, 15) is 13.2 Å². The van der Waals surface area contributed by atoms with Crippen LogP contribution in [0, 0.1) is 0 Å². The maximum atomic E-state index is 13.0. The van der Waals surface area contributed by atoms with Gasteiger partial charge in [-0.2, -0.15) is 0 Å². The van der Waals surface area contributed by atoms with Crippen LogP contribution in [0.15, 0.2) is 41.6 Å². The number of anilines is 1. The van der Waals surface area contributed by atoms with Crippen LogP contribution in [0.25, 0.3) is 0 Å². The first-order chi connectivity index (χ1) is 14.4. The van der Waals surface area contributed by atoms with Crippen molar-refractivity contribution >= 4 is 21.7 Å². The molecule has 1 saturated heterocycles. The molecule has 2 heterocycles. The summed E-state index contributed by atoms with van der Waals surface area (Å²) in [6.07, 6.45) is 4.03. The lowest BCUT2D eigenvalue weighted by Crippen LogP contribution is -2.36. The van der Waals surface area contributed by atoms with Gasteiger partial charge in [-0.3, -0.25) is 4.79 Å². The number of carbonyl (C=O) groups excluding carboxylic acids is 1. The summed E-state index contributed by atoms with van der Waals surface area (Å²) in [6, 6.07) is 6.43. The van der Waals surface area contributed by atoms with E-state index in [0.717, 1.165) is 0 Å². The quantitative estimate of drug-likeness (QED) is 0.644. The first-order valence-corrected chi connectivity index (χ1v) is 11.3. The molecule has 3 rings (SSSR count). The molecule has 0 saturated carbocycles. The number of nitrogens with one attached hydrogen (secondary N) is 2.